The first-order valence-electron chi connectivity index (χ1n) is 5.69. The van der Waals surface area contributed by atoms with Crippen LogP contribution < -0.4 is 9.89 Å². The summed E-state index contributed by atoms with van der Waals surface area (Å²) in [5.74, 6) is -1.07. The summed E-state index contributed by atoms with van der Waals surface area (Å²) in [7, 11) is -6.00. The van der Waals surface area contributed by atoms with E-state index in [1.807, 2.05) is 13.8 Å². The fraction of sp³-hybridized carbons (Fsp3) is 0.364. The summed E-state index contributed by atoms with van der Waals surface area (Å²) < 4.78 is 65.8. The number of nitrogens with zero attached hydrogens (tertiary/aromatic N) is 1. The monoisotopic (exact) mass is 298 g/mol. The van der Waals surface area contributed by atoms with Gasteiger partial charge in [-0.25, -0.2) is 13.7 Å². The van der Waals surface area contributed by atoms with E-state index in [1.165, 1.54) is 18.2 Å². The molecule has 2 rings (SSSR count). The Morgan fingerprint density at radius 3 is 1.90 bits per heavy atom. The zero-order valence-electron chi connectivity index (χ0n) is 10.8. The maximum absolute atomic E-state index is 13.4. The third kappa shape index (κ3) is 5.14. The van der Waals surface area contributed by atoms with Gasteiger partial charge in [0.25, 0.3) is 0 Å². The van der Waals surface area contributed by atoms with Gasteiger partial charge in [-0.2, -0.15) is 0 Å². The van der Waals surface area contributed by atoms with Crippen LogP contribution in [0.15, 0.2) is 18.2 Å². The molecule has 1 aromatic rings. The Kier molecular flexibility index (Phi) is 4.72. The Balaban J connectivity index is 0.000000347. The summed E-state index contributed by atoms with van der Waals surface area (Å²) in [4.78, 5) is 4.63. The molecule has 0 unspecified atom stereocenters. The topological polar surface area (TPSA) is 17.2 Å². The maximum Gasteiger partial charge on any atom is 0.673 e. The number of benzene rings is 1. The van der Waals surface area contributed by atoms with Gasteiger partial charge in [-0.1, -0.05) is 6.07 Å². The van der Waals surface area contributed by atoms with Crippen molar-refractivity contribution in [2.45, 2.75) is 19.4 Å². The number of anilines is 1. The van der Waals surface area contributed by atoms with E-state index in [9.17, 15) is 26.0 Å². The van der Waals surface area contributed by atoms with E-state index in [-0.39, 0.29) is 11.2 Å². The van der Waals surface area contributed by atoms with E-state index < -0.39 is 18.9 Å². The van der Waals surface area contributed by atoms with Crippen molar-refractivity contribution in [3.8, 4) is 0 Å². The Morgan fingerprint density at radius 1 is 1.10 bits per heavy atom. The van der Waals surface area contributed by atoms with Crippen LogP contribution in [-0.4, -0.2) is 25.7 Å². The smallest absolute Gasteiger partial charge is 0.418 e. The zero-order chi connectivity index (χ0) is 15.6. The standard InChI is InChI=1S/C11H12F2N2.BF4/c1-11(2)6-15(7-14-11)10-8(12)4-3-5-9(10)13;2-1(3,4)5/h3-5,7H,6H2,1-2H3;/q;-1/p+1. The minimum absolute atomic E-state index is 0.00979. The number of nitrogens with one attached hydrogen (secondary N) is 1. The van der Waals surface area contributed by atoms with Crippen LogP contribution in [0.5, 0.6) is 0 Å². The number of rotatable bonds is 1. The summed E-state index contributed by atoms with van der Waals surface area (Å²) in [6.45, 7) is 4.50. The molecule has 2 nitrogen and oxygen atoms in total. The molecule has 1 heterocycles. The van der Waals surface area contributed by atoms with Crippen LogP contribution >= 0.6 is 0 Å². The van der Waals surface area contributed by atoms with Crippen LogP contribution in [0.25, 0.3) is 0 Å². The van der Waals surface area contributed by atoms with Crippen molar-refractivity contribution in [2.24, 2.45) is 0 Å². The third-order valence-electron chi connectivity index (χ3n) is 2.40. The predicted molar refractivity (Wildman–Crippen MR) is 65.0 cm³/mol. The molecule has 112 valence electrons. The van der Waals surface area contributed by atoms with Gasteiger partial charge >= 0.3 is 7.25 Å². The van der Waals surface area contributed by atoms with Gasteiger partial charge < -0.3 is 17.3 Å². The van der Waals surface area contributed by atoms with Crippen molar-refractivity contribution in [1.82, 2.24) is 0 Å². The quantitative estimate of drug-likeness (QED) is 0.620. The van der Waals surface area contributed by atoms with Crippen molar-refractivity contribution in [3.05, 3.63) is 29.8 Å². The maximum atomic E-state index is 13.4. The largest absolute Gasteiger partial charge is 0.673 e. The van der Waals surface area contributed by atoms with E-state index >= 15 is 0 Å². The molecule has 1 N–H and O–H groups in total. The number of halogens is 6. The molecular formula is C11H13BF6N2. The van der Waals surface area contributed by atoms with E-state index in [1.54, 1.807) is 11.2 Å². The lowest BCUT2D eigenvalue weighted by Gasteiger charge is -2.13. The van der Waals surface area contributed by atoms with Crippen molar-refractivity contribution >= 4 is 19.3 Å². The van der Waals surface area contributed by atoms with Crippen LogP contribution in [0.4, 0.5) is 31.7 Å². The molecule has 0 atom stereocenters. The first-order valence-corrected chi connectivity index (χ1v) is 5.69. The summed E-state index contributed by atoms with van der Waals surface area (Å²) >= 11 is 0. The second-order valence-electron chi connectivity index (χ2n) is 4.85. The SMILES string of the molecule is CC1(C)CN(c2c(F)cccc2F)C=[NH+]1.F[B-](F)(F)F. The fourth-order valence-corrected chi connectivity index (χ4v) is 1.68. The van der Waals surface area contributed by atoms with E-state index in [0.717, 1.165) is 0 Å². The minimum Gasteiger partial charge on any atom is -0.418 e. The van der Waals surface area contributed by atoms with Crippen LogP contribution in [0.3, 0.4) is 0 Å². The van der Waals surface area contributed by atoms with Crippen LogP contribution in [-0.2, 0) is 0 Å². The highest BCUT2D eigenvalue weighted by molar-refractivity contribution is 6.50. The lowest BCUT2D eigenvalue weighted by molar-refractivity contribution is -0.526. The van der Waals surface area contributed by atoms with Crippen molar-refractivity contribution in [2.75, 3.05) is 11.4 Å². The predicted octanol–water partition coefficient (Wildman–Crippen LogP) is 1.97. The molecule has 0 saturated heterocycles. The Morgan fingerprint density at radius 2 is 1.55 bits per heavy atom. The van der Waals surface area contributed by atoms with Crippen molar-refractivity contribution in [3.63, 3.8) is 0 Å². The molecule has 1 aromatic carbocycles. The highest BCUT2D eigenvalue weighted by Gasteiger charge is 2.35. The summed E-state index contributed by atoms with van der Waals surface area (Å²) in [5, 5.41) is 0. The molecule has 9 heteroatoms. The second kappa shape index (κ2) is 5.76. The molecule has 0 amide bonds. The summed E-state index contributed by atoms with van der Waals surface area (Å²) in [6.07, 6.45) is 1.61. The van der Waals surface area contributed by atoms with Crippen LogP contribution in [0.1, 0.15) is 13.8 Å². The molecule has 0 aromatic heterocycles. The molecule has 0 bridgehead atoms. The number of para-hydroxylation sites is 1. The van der Waals surface area contributed by atoms with Gasteiger partial charge in [0.15, 0.2) is 17.3 Å². The molecule has 1 aliphatic rings. The number of hydrogen-bond donors (Lipinski definition) is 1. The minimum atomic E-state index is -6.00. The first-order chi connectivity index (χ1) is 8.99. The van der Waals surface area contributed by atoms with Gasteiger partial charge in [-0.05, 0) is 26.0 Å². The van der Waals surface area contributed by atoms with Gasteiger partial charge in [-0.15, -0.1) is 0 Å². The van der Waals surface area contributed by atoms with Gasteiger partial charge in [0.2, 0.25) is 6.34 Å². The van der Waals surface area contributed by atoms with Gasteiger partial charge in [0, 0.05) is 0 Å². The van der Waals surface area contributed by atoms with Crippen LogP contribution in [0.2, 0.25) is 0 Å². The summed E-state index contributed by atoms with van der Waals surface area (Å²) in [5.41, 5.74) is -0.148. The highest BCUT2D eigenvalue weighted by atomic mass is 19.5. The fourth-order valence-electron chi connectivity index (χ4n) is 1.68. The molecular weight excluding hydrogens is 285 g/mol. The van der Waals surface area contributed by atoms with E-state index in [4.69, 9.17) is 0 Å². The molecule has 20 heavy (non-hydrogen) atoms. The lowest BCUT2D eigenvalue weighted by atomic mass is 10.1. The highest BCUT2D eigenvalue weighted by Crippen LogP contribution is 2.23. The Labute approximate surface area is 112 Å². The Hall–Kier alpha value is -1.67. The summed E-state index contributed by atoms with van der Waals surface area (Å²) in [6, 6.07) is 3.89. The van der Waals surface area contributed by atoms with Gasteiger partial charge in [-0.3, -0.25) is 4.99 Å². The van der Waals surface area contributed by atoms with Crippen molar-refractivity contribution < 1.29 is 31.0 Å². The van der Waals surface area contributed by atoms with E-state index in [2.05, 4.69) is 4.99 Å². The number of hydrogen-bond acceptors (Lipinski definition) is 1. The average molecular weight is 298 g/mol. The van der Waals surface area contributed by atoms with Crippen molar-refractivity contribution in [1.29, 1.82) is 0 Å². The lowest BCUT2D eigenvalue weighted by Crippen LogP contribution is -2.80. The van der Waals surface area contributed by atoms with Crippen LogP contribution in [0, 0.1) is 11.6 Å². The normalized spacial score (nSPS) is 16.9. The van der Waals surface area contributed by atoms with Gasteiger partial charge in [0.1, 0.15) is 12.1 Å². The molecule has 0 radical (unpaired) electrons. The average Bonchev–Trinajstić information content (AvgIpc) is 2.56. The molecule has 1 aliphatic heterocycles. The third-order valence-corrected chi connectivity index (χ3v) is 2.40. The first kappa shape index (κ1) is 16.4. The molecule has 0 spiro atoms. The molecule has 0 saturated carbocycles. The molecule has 0 fully saturated rings. The second-order valence-corrected chi connectivity index (χ2v) is 4.85. The Bertz CT molecular complexity index is 474. The molecule has 0 aliphatic carbocycles. The van der Waals surface area contributed by atoms with Gasteiger partial charge in [0.05, 0.1) is 0 Å². The zero-order valence-corrected chi connectivity index (χ0v) is 10.8. The van der Waals surface area contributed by atoms with E-state index in [0.29, 0.717) is 6.54 Å².